The Morgan fingerprint density at radius 1 is 1.09 bits per heavy atom. The fourth-order valence-electron chi connectivity index (χ4n) is 2.52. The van der Waals surface area contributed by atoms with Crippen LogP contribution in [-0.4, -0.2) is 22.1 Å². The number of fused-ring (bicyclic) bond motifs is 1. The molecule has 0 aliphatic carbocycles. The quantitative estimate of drug-likeness (QED) is 0.662. The summed E-state index contributed by atoms with van der Waals surface area (Å²) in [6, 6.07) is 5.61. The lowest BCUT2D eigenvalue weighted by molar-refractivity contribution is 0.149. The summed E-state index contributed by atoms with van der Waals surface area (Å²) in [5, 5.41) is 11.4. The molecule has 1 aromatic carbocycles. The molecule has 0 radical (unpaired) electrons. The van der Waals surface area contributed by atoms with Crippen molar-refractivity contribution < 1.29 is 18.8 Å². The first-order valence-electron chi connectivity index (χ1n) is 7.44. The van der Waals surface area contributed by atoms with Gasteiger partial charge in [-0.25, -0.2) is 0 Å². The van der Waals surface area contributed by atoms with Gasteiger partial charge in [0.25, 0.3) is 0 Å². The SMILES string of the molecule is Cc1ccc2c(P(=O)(OC(C)C)OC(C)C)c(C)n(O)c2c1. The molecule has 2 rings (SSSR count). The largest absolute Gasteiger partial charge is 0.428 e. The molecule has 1 heterocycles. The molecule has 0 amide bonds. The first kappa shape index (κ1) is 17.1. The van der Waals surface area contributed by atoms with Gasteiger partial charge in [0.05, 0.1) is 28.7 Å². The van der Waals surface area contributed by atoms with E-state index in [1.165, 1.54) is 0 Å². The first-order valence-corrected chi connectivity index (χ1v) is 8.98. The van der Waals surface area contributed by atoms with Gasteiger partial charge >= 0.3 is 7.60 Å². The van der Waals surface area contributed by atoms with Gasteiger partial charge in [0.2, 0.25) is 0 Å². The molecule has 5 nitrogen and oxygen atoms in total. The molecule has 0 atom stereocenters. The smallest absolute Gasteiger partial charge is 0.364 e. The number of hydrogen-bond donors (Lipinski definition) is 1. The molecular formula is C16H24NO4P. The van der Waals surface area contributed by atoms with Crippen LogP contribution >= 0.6 is 7.60 Å². The maximum atomic E-state index is 13.4. The summed E-state index contributed by atoms with van der Waals surface area (Å²) in [5.41, 5.74) is 2.09. The predicted molar refractivity (Wildman–Crippen MR) is 88.3 cm³/mol. The van der Waals surface area contributed by atoms with Crippen LogP contribution in [0.15, 0.2) is 18.2 Å². The zero-order valence-corrected chi connectivity index (χ0v) is 14.8. The molecule has 2 aromatic rings. The Kier molecular flexibility index (Phi) is 4.71. The zero-order chi connectivity index (χ0) is 16.7. The Balaban J connectivity index is 2.74. The van der Waals surface area contributed by atoms with Gasteiger partial charge in [-0.05, 0) is 53.2 Å². The molecule has 0 saturated heterocycles. The molecule has 0 saturated carbocycles. The minimum Gasteiger partial charge on any atom is -0.428 e. The molecule has 22 heavy (non-hydrogen) atoms. The third kappa shape index (κ3) is 3.07. The van der Waals surface area contributed by atoms with E-state index < -0.39 is 7.60 Å². The highest BCUT2D eigenvalue weighted by Gasteiger charge is 2.36. The van der Waals surface area contributed by atoms with Crippen molar-refractivity contribution in [2.45, 2.75) is 53.8 Å². The minimum absolute atomic E-state index is 0.258. The Morgan fingerprint density at radius 3 is 2.14 bits per heavy atom. The van der Waals surface area contributed by atoms with Crippen LogP contribution in [0.5, 0.6) is 0 Å². The number of hydrogen-bond acceptors (Lipinski definition) is 4. The average molecular weight is 325 g/mol. The van der Waals surface area contributed by atoms with Crippen LogP contribution in [0.4, 0.5) is 0 Å². The summed E-state index contributed by atoms with van der Waals surface area (Å²) in [5.74, 6) is 0. The average Bonchev–Trinajstić information content (AvgIpc) is 2.60. The zero-order valence-electron chi connectivity index (χ0n) is 14.0. The van der Waals surface area contributed by atoms with E-state index in [0.29, 0.717) is 21.9 Å². The second-order valence-electron chi connectivity index (χ2n) is 6.07. The van der Waals surface area contributed by atoms with Crippen molar-refractivity contribution >= 4 is 23.8 Å². The molecule has 6 heteroatoms. The normalized spacial score (nSPS) is 12.7. The van der Waals surface area contributed by atoms with Gasteiger partial charge in [-0.2, -0.15) is 4.73 Å². The monoisotopic (exact) mass is 325 g/mol. The van der Waals surface area contributed by atoms with Crippen LogP contribution in [0, 0.1) is 13.8 Å². The van der Waals surface area contributed by atoms with Crippen LogP contribution in [0.2, 0.25) is 0 Å². The van der Waals surface area contributed by atoms with Crippen molar-refractivity contribution in [3.05, 3.63) is 29.5 Å². The van der Waals surface area contributed by atoms with E-state index in [4.69, 9.17) is 9.05 Å². The van der Waals surface area contributed by atoms with Crippen LogP contribution in [0.25, 0.3) is 10.9 Å². The van der Waals surface area contributed by atoms with Crippen molar-refractivity contribution in [1.29, 1.82) is 0 Å². The number of rotatable bonds is 5. The van der Waals surface area contributed by atoms with Gasteiger partial charge < -0.3 is 14.3 Å². The standard InChI is InChI=1S/C16H24NO4P/c1-10(2)20-22(19,21-11(3)4)16-13(6)17(18)15-9-12(5)7-8-14(15)16/h7-11,18H,1-6H3. The molecule has 1 aromatic heterocycles. The van der Waals surface area contributed by atoms with Crippen molar-refractivity contribution in [3.63, 3.8) is 0 Å². The number of benzene rings is 1. The number of nitrogens with zero attached hydrogens (tertiary/aromatic N) is 1. The Labute approximate surface area is 131 Å². The lowest BCUT2D eigenvalue weighted by Gasteiger charge is -2.23. The molecule has 0 aliphatic heterocycles. The third-order valence-electron chi connectivity index (χ3n) is 3.27. The van der Waals surface area contributed by atoms with E-state index >= 15 is 0 Å². The van der Waals surface area contributed by atoms with Crippen molar-refractivity contribution in [1.82, 2.24) is 4.73 Å². The lowest BCUT2D eigenvalue weighted by Crippen LogP contribution is -2.18. The van der Waals surface area contributed by atoms with E-state index in [-0.39, 0.29) is 12.2 Å². The van der Waals surface area contributed by atoms with Crippen molar-refractivity contribution in [3.8, 4) is 0 Å². The summed E-state index contributed by atoms with van der Waals surface area (Å²) < 4.78 is 25.8. The van der Waals surface area contributed by atoms with E-state index in [9.17, 15) is 9.77 Å². The van der Waals surface area contributed by atoms with Gasteiger partial charge in [-0.3, -0.25) is 4.57 Å². The Morgan fingerprint density at radius 2 is 1.64 bits per heavy atom. The first-order chi connectivity index (χ1) is 10.2. The number of aryl methyl sites for hydroxylation is 1. The fourth-order valence-corrected chi connectivity index (χ4v) is 4.87. The highest BCUT2D eigenvalue weighted by atomic mass is 31.2. The summed E-state index contributed by atoms with van der Waals surface area (Å²) in [6.07, 6.45) is -0.516. The summed E-state index contributed by atoms with van der Waals surface area (Å²) in [7, 11) is -3.54. The Bertz CT molecular complexity index is 719. The topological polar surface area (TPSA) is 60.7 Å². The Hall–Kier alpha value is -1.29. The molecule has 0 fully saturated rings. The highest BCUT2D eigenvalue weighted by molar-refractivity contribution is 7.63. The van der Waals surface area contributed by atoms with Crippen LogP contribution in [0.3, 0.4) is 0 Å². The van der Waals surface area contributed by atoms with Crippen LogP contribution < -0.4 is 5.30 Å². The summed E-state index contributed by atoms with van der Waals surface area (Å²) >= 11 is 0. The minimum atomic E-state index is -3.54. The summed E-state index contributed by atoms with van der Waals surface area (Å²) in [4.78, 5) is 0. The third-order valence-corrected chi connectivity index (χ3v) is 5.78. The lowest BCUT2D eigenvalue weighted by atomic mass is 10.2. The highest BCUT2D eigenvalue weighted by Crippen LogP contribution is 2.52. The van der Waals surface area contributed by atoms with Gasteiger partial charge in [0.15, 0.2) is 0 Å². The van der Waals surface area contributed by atoms with Gasteiger partial charge in [-0.1, -0.05) is 12.1 Å². The molecule has 122 valence electrons. The van der Waals surface area contributed by atoms with Gasteiger partial charge in [0, 0.05) is 5.39 Å². The molecule has 1 N–H and O–H groups in total. The molecular weight excluding hydrogens is 301 g/mol. The van der Waals surface area contributed by atoms with Crippen LogP contribution in [0.1, 0.15) is 39.0 Å². The molecule has 0 aliphatic rings. The van der Waals surface area contributed by atoms with E-state index in [0.717, 1.165) is 10.3 Å². The maximum Gasteiger partial charge on any atom is 0.364 e. The maximum absolute atomic E-state index is 13.4. The van der Waals surface area contributed by atoms with Crippen LogP contribution in [-0.2, 0) is 13.6 Å². The van der Waals surface area contributed by atoms with E-state index in [1.807, 2.05) is 52.8 Å². The second-order valence-corrected chi connectivity index (χ2v) is 7.94. The summed E-state index contributed by atoms with van der Waals surface area (Å²) in [6.45, 7) is 10.9. The van der Waals surface area contributed by atoms with E-state index in [2.05, 4.69) is 0 Å². The van der Waals surface area contributed by atoms with Crippen molar-refractivity contribution in [2.24, 2.45) is 0 Å². The number of aromatic nitrogens is 1. The van der Waals surface area contributed by atoms with Gasteiger partial charge in [-0.15, -0.1) is 0 Å². The molecule has 0 unspecified atom stereocenters. The second kappa shape index (κ2) is 6.07. The van der Waals surface area contributed by atoms with Crippen molar-refractivity contribution in [2.75, 3.05) is 0 Å². The molecule has 0 bridgehead atoms. The molecule has 0 spiro atoms. The predicted octanol–water partition coefficient (Wildman–Crippen LogP) is 4.16. The van der Waals surface area contributed by atoms with E-state index in [1.54, 1.807) is 6.92 Å². The van der Waals surface area contributed by atoms with Gasteiger partial charge in [0.1, 0.15) is 0 Å². The fraction of sp³-hybridized carbons (Fsp3) is 0.500.